The van der Waals surface area contributed by atoms with Gasteiger partial charge in [0.1, 0.15) is 6.54 Å². The Morgan fingerprint density at radius 2 is 1.83 bits per heavy atom. The minimum Gasteiger partial charge on any atom is -0.454 e. The quantitative estimate of drug-likeness (QED) is 0.296. The van der Waals surface area contributed by atoms with E-state index in [1.165, 1.54) is 11.0 Å². The third-order valence-electron chi connectivity index (χ3n) is 5.65. The van der Waals surface area contributed by atoms with E-state index in [0.717, 1.165) is 10.4 Å². The highest BCUT2D eigenvalue weighted by Crippen LogP contribution is 2.33. The smallest absolute Gasteiger partial charge is 0.254 e. The van der Waals surface area contributed by atoms with Crippen LogP contribution in [0.1, 0.15) is 27.2 Å². The van der Waals surface area contributed by atoms with Gasteiger partial charge in [-0.2, -0.15) is 0 Å². The Morgan fingerprint density at radius 1 is 1.00 bits per heavy atom. The predicted octanol–water partition coefficient (Wildman–Crippen LogP) is 5.49. The monoisotopic (exact) mass is 548 g/mol. The lowest BCUT2D eigenvalue weighted by Gasteiger charge is -2.28. The average molecular weight is 549 g/mol. The predicted molar refractivity (Wildman–Crippen MR) is 140 cm³/mol. The normalized spacial score (nSPS) is 12.0. The first-order valence-electron chi connectivity index (χ1n) is 11.4. The number of amides is 2. The molecule has 2 heterocycles. The maximum atomic E-state index is 13.6. The van der Waals surface area contributed by atoms with Gasteiger partial charge in [0.2, 0.25) is 12.7 Å². The van der Waals surface area contributed by atoms with Crippen molar-refractivity contribution in [1.29, 1.82) is 0 Å². The number of halogens is 2. The Labute approximate surface area is 224 Å². The van der Waals surface area contributed by atoms with Crippen LogP contribution in [0, 0.1) is 0 Å². The average Bonchev–Trinajstić information content (AvgIpc) is 3.56. The van der Waals surface area contributed by atoms with E-state index in [1.807, 2.05) is 35.7 Å². The zero-order valence-corrected chi connectivity index (χ0v) is 22.1. The molecule has 2 amide bonds. The zero-order chi connectivity index (χ0) is 25.5. The molecule has 0 atom stereocenters. The Hall–Kier alpha value is -2.78. The molecule has 0 unspecified atom stereocenters. The van der Waals surface area contributed by atoms with E-state index in [2.05, 4.69) is 0 Å². The Balaban J connectivity index is 1.54. The number of thiophene rings is 1. The van der Waals surface area contributed by atoms with Crippen molar-refractivity contribution in [3.63, 3.8) is 0 Å². The Kier molecular flexibility index (Phi) is 9.09. The standard InChI is InChI=1S/C26H26Cl2N2O5S/c1-33-10-3-9-29(26(32)19-6-7-21(27)22(28)13-19)16-25(31)30(15-20-4-2-11-36-20)14-18-5-8-23-24(12-18)35-17-34-23/h2,4-8,11-13H,3,9-10,14-17H2,1H3. The third kappa shape index (κ3) is 6.70. The summed E-state index contributed by atoms with van der Waals surface area (Å²) in [6.45, 7) is 1.71. The van der Waals surface area contributed by atoms with Gasteiger partial charge >= 0.3 is 0 Å². The highest BCUT2D eigenvalue weighted by atomic mass is 35.5. The van der Waals surface area contributed by atoms with E-state index in [9.17, 15) is 9.59 Å². The van der Waals surface area contributed by atoms with Gasteiger partial charge in [-0.3, -0.25) is 9.59 Å². The number of fused-ring (bicyclic) bond motifs is 1. The van der Waals surface area contributed by atoms with Crippen LogP contribution >= 0.6 is 34.5 Å². The summed E-state index contributed by atoms with van der Waals surface area (Å²) in [5, 5.41) is 2.62. The number of carbonyl (C=O) groups excluding carboxylic acids is 2. The molecular formula is C26H26Cl2N2O5S. The summed E-state index contributed by atoms with van der Waals surface area (Å²) in [5.41, 5.74) is 1.28. The van der Waals surface area contributed by atoms with E-state index in [1.54, 1.807) is 35.5 Å². The van der Waals surface area contributed by atoms with Gasteiger partial charge < -0.3 is 24.0 Å². The van der Waals surface area contributed by atoms with E-state index in [0.29, 0.717) is 54.7 Å². The third-order valence-corrected chi connectivity index (χ3v) is 7.25. The summed E-state index contributed by atoms with van der Waals surface area (Å²) in [7, 11) is 1.60. The molecule has 36 heavy (non-hydrogen) atoms. The number of hydrogen-bond donors (Lipinski definition) is 0. The van der Waals surface area contributed by atoms with Crippen molar-refractivity contribution < 1.29 is 23.8 Å². The second-order valence-corrected chi connectivity index (χ2v) is 10.1. The zero-order valence-electron chi connectivity index (χ0n) is 19.7. The van der Waals surface area contributed by atoms with Gasteiger partial charge in [0.05, 0.1) is 16.6 Å². The topological polar surface area (TPSA) is 68.3 Å². The van der Waals surface area contributed by atoms with Crippen LogP contribution in [0.15, 0.2) is 53.9 Å². The molecule has 0 saturated heterocycles. The van der Waals surface area contributed by atoms with Gasteiger partial charge in [-0.25, -0.2) is 0 Å². The molecule has 1 aromatic heterocycles. The maximum absolute atomic E-state index is 13.6. The molecule has 0 aliphatic carbocycles. The largest absolute Gasteiger partial charge is 0.454 e. The van der Waals surface area contributed by atoms with Crippen LogP contribution in [0.5, 0.6) is 11.5 Å². The molecule has 0 bridgehead atoms. The van der Waals surface area contributed by atoms with Gasteiger partial charge in [-0.1, -0.05) is 35.3 Å². The maximum Gasteiger partial charge on any atom is 0.254 e. The van der Waals surface area contributed by atoms with Crippen molar-refractivity contribution in [2.45, 2.75) is 19.5 Å². The lowest BCUT2D eigenvalue weighted by atomic mass is 10.1. The number of nitrogens with zero attached hydrogens (tertiary/aromatic N) is 2. The van der Waals surface area contributed by atoms with Crippen LogP contribution in [-0.2, 0) is 22.6 Å². The molecule has 1 aliphatic rings. The Bertz CT molecular complexity index is 1210. The number of carbonyl (C=O) groups is 2. The van der Waals surface area contributed by atoms with Crippen LogP contribution in [0.4, 0.5) is 0 Å². The fourth-order valence-corrected chi connectivity index (χ4v) is 4.83. The number of methoxy groups -OCH3 is 1. The van der Waals surface area contributed by atoms with Crippen molar-refractivity contribution in [2.75, 3.05) is 33.6 Å². The second-order valence-electron chi connectivity index (χ2n) is 8.22. The number of rotatable bonds is 11. The second kappa shape index (κ2) is 12.5. The van der Waals surface area contributed by atoms with Crippen LogP contribution in [0.3, 0.4) is 0 Å². The summed E-state index contributed by atoms with van der Waals surface area (Å²) in [6.07, 6.45) is 0.587. The van der Waals surface area contributed by atoms with Crippen molar-refractivity contribution in [3.05, 3.63) is 80.0 Å². The summed E-state index contributed by atoms with van der Waals surface area (Å²) >= 11 is 13.7. The Morgan fingerprint density at radius 3 is 2.58 bits per heavy atom. The van der Waals surface area contributed by atoms with Crippen molar-refractivity contribution in [3.8, 4) is 11.5 Å². The molecule has 1 aliphatic heterocycles. The van der Waals surface area contributed by atoms with Gasteiger partial charge in [0.25, 0.3) is 5.91 Å². The molecule has 0 N–H and O–H groups in total. The minimum atomic E-state index is -0.294. The highest BCUT2D eigenvalue weighted by Gasteiger charge is 2.24. The van der Waals surface area contributed by atoms with E-state index in [4.69, 9.17) is 37.4 Å². The lowest BCUT2D eigenvalue weighted by molar-refractivity contribution is -0.133. The van der Waals surface area contributed by atoms with Gasteiger partial charge in [-0.15, -0.1) is 11.3 Å². The van der Waals surface area contributed by atoms with Crippen molar-refractivity contribution >= 4 is 46.4 Å². The molecule has 0 radical (unpaired) electrons. The number of ether oxygens (including phenoxy) is 3. The van der Waals surface area contributed by atoms with E-state index < -0.39 is 0 Å². The van der Waals surface area contributed by atoms with Crippen LogP contribution in [0.25, 0.3) is 0 Å². The summed E-state index contributed by atoms with van der Waals surface area (Å²) in [6, 6.07) is 14.3. The molecule has 0 fully saturated rings. The van der Waals surface area contributed by atoms with Gasteiger partial charge in [0.15, 0.2) is 11.5 Å². The first kappa shape index (κ1) is 26.3. The molecule has 0 spiro atoms. The van der Waals surface area contributed by atoms with Crippen molar-refractivity contribution in [1.82, 2.24) is 9.80 Å². The van der Waals surface area contributed by atoms with Crippen LogP contribution in [0.2, 0.25) is 10.0 Å². The molecule has 3 aromatic rings. The molecule has 4 rings (SSSR count). The van der Waals surface area contributed by atoms with Crippen LogP contribution < -0.4 is 9.47 Å². The molecule has 2 aromatic carbocycles. The summed E-state index contributed by atoms with van der Waals surface area (Å²) < 4.78 is 16.1. The lowest BCUT2D eigenvalue weighted by Crippen LogP contribution is -2.43. The molecule has 190 valence electrons. The molecule has 10 heteroatoms. The van der Waals surface area contributed by atoms with Gasteiger partial charge in [0, 0.05) is 37.2 Å². The number of benzene rings is 2. The van der Waals surface area contributed by atoms with E-state index >= 15 is 0 Å². The number of hydrogen-bond acceptors (Lipinski definition) is 6. The van der Waals surface area contributed by atoms with Crippen molar-refractivity contribution in [2.24, 2.45) is 0 Å². The fourth-order valence-electron chi connectivity index (χ4n) is 3.81. The first-order chi connectivity index (χ1) is 17.4. The molecule has 7 nitrogen and oxygen atoms in total. The minimum absolute atomic E-state index is 0.0846. The SMILES string of the molecule is COCCCN(CC(=O)N(Cc1ccc2c(c1)OCO2)Cc1cccs1)C(=O)c1ccc(Cl)c(Cl)c1. The summed E-state index contributed by atoms with van der Waals surface area (Å²) in [4.78, 5) is 31.3. The highest BCUT2D eigenvalue weighted by molar-refractivity contribution is 7.09. The van der Waals surface area contributed by atoms with Gasteiger partial charge in [-0.05, 0) is 53.8 Å². The first-order valence-corrected chi connectivity index (χ1v) is 13.0. The van der Waals surface area contributed by atoms with E-state index in [-0.39, 0.29) is 30.2 Å². The summed E-state index contributed by atoms with van der Waals surface area (Å²) in [5.74, 6) is 0.877. The molecule has 0 saturated carbocycles. The molecular weight excluding hydrogens is 523 g/mol. The fraction of sp³-hybridized carbons (Fsp3) is 0.308. The van der Waals surface area contributed by atoms with Crippen LogP contribution in [-0.4, -0.2) is 55.2 Å².